The number of benzene rings is 2. The van der Waals surface area contributed by atoms with Gasteiger partial charge in [0.2, 0.25) is 0 Å². The molecule has 24 heavy (non-hydrogen) atoms. The second-order valence-electron chi connectivity index (χ2n) is 5.09. The Balaban J connectivity index is 1.88. The number of ketones is 1. The molecule has 0 bridgehead atoms. The van der Waals surface area contributed by atoms with E-state index in [-0.39, 0.29) is 11.1 Å². The Hall–Kier alpha value is -3.47. The molecule has 118 valence electrons. The van der Waals surface area contributed by atoms with Gasteiger partial charge in [0, 0.05) is 5.39 Å². The van der Waals surface area contributed by atoms with Crippen LogP contribution in [-0.4, -0.2) is 11.8 Å². The molecule has 5 nitrogen and oxygen atoms in total. The van der Waals surface area contributed by atoms with Crippen molar-refractivity contribution in [2.75, 3.05) is 0 Å². The van der Waals surface area contributed by atoms with Gasteiger partial charge in [-0.3, -0.25) is 4.79 Å². The summed E-state index contributed by atoms with van der Waals surface area (Å²) in [7, 11) is 0. The highest BCUT2D eigenvalue weighted by Crippen LogP contribution is 2.13. The maximum absolute atomic E-state index is 12.2. The van der Waals surface area contributed by atoms with Crippen LogP contribution in [-0.2, 0) is 0 Å². The number of carboxylic acid groups (broad SMARTS) is 1. The molecule has 1 aromatic heterocycles. The van der Waals surface area contributed by atoms with Crippen molar-refractivity contribution in [1.29, 1.82) is 0 Å². The fraction of sp³-hybridized carbons (Fsp3) is 0. The van der Waals surface area contributed by atoms with E-state index in [9.17, 15) is 19.5 Å². The van der Waals surface area contributed by atoms with Gasteiger partial charge in [-0.25, -0.2) is 4.79 Å². The highest BCUT2D eigenvalue weighted by atomic mass is 16.4. The van der Waals surface area contributed by atoms with Gasteiger partial charge in [-0.1, -0.05) is 48.5 Å². The monoisotopic (exact) mass is 319 g/mol. The van der Waals surface area contributed by atoms with Gasteiger partial charge >= 0.3 is 5.63 Å². The molecule has 0 aliphatic carbocycles. The summed E-state index contributed by atoms with van der Waals surface area (Å²) in [5.74, 6) is -1.76. The molecular weight excluding hydrogens is 308 g/mol. The molecule has 0 saturated heterocycles. The number of carboxylic acids is 1. The van der Waals surface area contributed by atoms with Gasteiger partial charge in [0.05, 0.1) is 5.97 Å². The normalized spacial score (nSPS) is 11.0. The van der Waals surface area contributed by atoms with Crippen LogP contribution in [0.4, 0.5) is 0 Å². The van der Waals surface area contributed by atoms with Gasteiger partial charge < -0.3 is 14.3 Å². The molecule has 0 unspecified atom stereocenters. The molecule has 5 heteroatoms. The Kier molecular flexibility index (Phi) is 4.07. The molecule has 0 saturated carbocycles. The van der Waals surface area contributed by atoms with Crippen LogP contribution >= 0.6 is 0 Å². The summed E-state index contributed by atoms with van der Waals surface area (Å²) in [6, 6.07) is 14.3. The van der Waals surface area contributed by atoms with Crippen molar-refractivity contribution < 1.29 is 19.1 Å². The maximum atomic E-state index is 12.2. The summed E-state index contributed by atoms with van der Waals surface area (Å²) in [5.41, 5.74) is 0.333. The van der Waals surface area contributed by atoms with Crippen LogP contribution in [0.2, 0.25) is 0 Å². The Morgan fingerprint density at radius 2 is 1.71 bits per heavy atom. The lowest BCUT2D eigenvalue weighted by atomic mass is 10.1. The summed E-state index contributed by atoms with van der Waals surface area (Å²) in [6.07, 6.45) is 2.74. The van der Waals surface area contributed by atoms with E-state index in [0.717, 1.165) is 0 Å². The molecule has 0 amide bonds. The summed E-state index contributed by atoms with van der Waals surface area (Å²) in [5, 5.41) is 11.3. The van der Waals surface area contributed by atoms with Crippen LogP contribution in [0.3, 0.4) is 0 Å². The van der Waals surface area contributed by atoms with Crippen LogP contribution < -0.4 is 10.7 Å². The number of carbonyl (C=O) groups excluding carboxylic acids is 2. The molecular formula is C19H11O5-. The summed E-state index contributed by atoms with van der Waals surface area (Å²) in [6.45, 7) is 0. The standard InChI is InChI=1S/C19H12O5/c20-16(10-7-12-5-8-13(9-6-12)18(21)22)15-11-14-3-1-2-4-17(14)24-19(15)23/h1-11H,(H,21,22)/p-1/b10-7+. The van der Waals surface area contributed by atoms with E-state index in [4.69, 9.17) is 4.42 Å². The first kappa shape index (κ1) is 15.4. The molecule has 0 fully saturated rings. The number of hydrogen-bond acceptors (Lipinski definition) is 5. The zero-order valence-corrected chi connectivity index (χ0v) is 12.4. The smallest absolute Gasteiger partial charge is 0.347 e. The first-order valence-electron chi connectivity index (χ1n) is 7.11. The average Bonchev–Trinajstić information content (AvgIpc) is 2.59. The molecule has 0 spiro atoms. The van der Waals surface area contributed by atoms with E-state index < -0.39 is 17.4 Å². The molecule has 0 N–H and O–H groups in total. The third kappa shape index (κ3) is 3.15. The fourth-order valence-electron chi connectivity index (χ4n) is 2.23. The predicted octanol–water partition coefficient (Wildman–Crippen LogP) is 2.05. The third-order valence-corrected chi connectivity index (χ3v) is 3.48. The second-order valence-corrected chi connectivity index (χ2v) is 5.09. The van der Waals surface area contributed by atoms with Crippen molar-refractivity contribution in [1.82, 2.24) is 0 Å². The zero-order valence-electron chi connectivity index (χ0n) is 12.4. The Bertz CT molecular complexity index is 1010. The quantitative estimate of drug-likeness (QED) is 0.417. The van der Waals surface area contributed by atoms with E-state index in [1.54, 1.807) is 24.3 Å². The van der Waals surface area contributed by atoms with E-state index >= 15 is 0 Å². The highest BCUT2D eigenvalue weighted by molar-refractivity contribution is 6.07. The third-order valence-electron chi connectivity index (χ3n) is 3.48. The number of fused-ring (bicyclic) bond motifs is 1. The van der Waals surface area contributed by atoms with Gasteiger partial charge in [-0.05, 0) is 29.3 Å². The first-order valence-corrected chi connectivity index (χ1v) is 7.11. The van der Waals surface area contributed by atoms with E-state index in [0.29, 0.717) is 16.5 Å². The van der Waals surface area contributed by atoms with Crippen molar-refractivity contribution in [2.45, 2.75) is 0 Å². The number of para-hydroxylation sites is 1. The molecule has 0 atom stereocenters. The van der Waals surface area contributed by atoms with Crippen molar-refractivity contribution >= 4 is 28.8 Å². The summed E-state index contributed by atoms with van der Waals surface area (Å²) < 4.78 is 5.13. The Morgan fingerprint density at radius 1 is 1.00 bits per heavy atom. The minimum absolute atomic E-state index is 0.0497. The number of carbonyl (C=O) groups is 2. The van der Waals surface area contributed by atoms with Gasteiger partial charge in [-0.2, -0.15) is 0 Å². The predicted molar refractivity (Wildman–Crippen MR) is 86.6 cm³/mol. The largest absolute Gasteiger partial charge is 0.545 e. The lowest BCUT2D eigenvalue weighted by Crippen LogP contribution is -2.21. The Labute approximate surface area is 136 Å². The average molecular weight is 319 g/mol. The first-order chi connectivity index (χ1) is 11.5. The van der Waals surface area contributed by atoms with Crippen LogP contribution in [0.1, 0.15) is 26.3 Å². The fourth-order valence-corrected chi connectivity index (χ4v) is 2.23. The molecule has 3 aromatic rings. The van der Waals surface area contributed by atoms with E-state index in [1.807, 2.05) is 0 Å². The van der Waals surface area contributed by atoms with Crippen LogP contribution in [0.5, 0.6) is 0 Å². The molecule has 2 aromatic carbocycles. The SMILES string of the molecule is O=C([O-])c1ccc(/C=C/C(=O)c2cc3ccccc3oc2=O)cc1. The van der Waals surface area contributed by atoms with Crippen molar-refractivity contribution in [3.8, 4) is 0 Å². The molecule has 0 aliphatic rings. The number of aromatic carboxylic acids is 1. The van der Waals surface area contributed by atoms with Crippen LogP contribution in [0, 0.1) is 0 Å². The van der Waals surface area contributed by atoms with Gasteiger partial charge in [0.15, 0.2) is 5.78 Å². The lowest BCUT2D eigenvalue weighted by Gasteiger charge is -2.01. The van der Waals surface area contributed by atoms with Gasteiger partial charge in [0.1, 0.15) is 11.1 Å². The minimum Gasteiger partial charge on any atom is -0.545 e. The molecule has 0 aliphatic heterocycles. The van der Waals surface area contributed by atoms with Gasteiger partial charge in [0.25, 0.3) is 0 Å². The van der Waals surface area contributed by atoms with E-state index in [1.165, 1.54) is 42.5 Å². The summed E-state index contributed by atoms with van der Waals surface area (Å²) in [4.78, 5) is 34.8. The number of allylic oxidation sites excluding steroid dienone is 1. The van der Waals surface area contributed by atoms with Gasteiger partial charge in [-0.15, -0.1) is 0 Å². The number of rotatable bonds is 4. The summed E-state index contributed by atoms with van der Waals surface area (Å²) >= 11 is 0. The second kappa shape index (κ2) is 6.34. The maximum Gasteiger partial charge on any atom is 0.347 e. The number of hydrogen-bond donors (Lipinski definition) is 0. The topological polar surface area (TPSA) is 87.4 Å². The minimum atomic E-state index is -1.27. The van der Waals surface area contributed by atoms with Crippen molar-refractivity contribution in [2.24, 2.45) is 0 Å². The molecule has 1 heterocycles. The van der Waals surface area contributed by atoms with Crippen LogP contribution in [0.25, 0.3) is 17.0 Å². The van der Waals surface area contributed by atoms with Crippen molar-refractivity contribution in [3.05, 3.63) is 87.8 Å². The molecule has 3 rings (SSSR count). The highest BCUT2D eigenvalue weighted by Gasteiger charge is 2.10. The van der Waals surface area contributed by atoms with Crippen LogP contribution in [0.15, 0.2) is 69.9 Å². The van der Waals surface area contributed by atoms with E-state index in [2.05, 4.69) is 0 Å². The zero-order chi connectivity index (χ0) is 17.1. The van der Waals surface area contributed by atoms with Crippen molar-refractivity contribution in [3.63, 3.8) is 0 Å². The molecule has 0 radical (unpaired) electrons. The Morgan fingerprint density at radius 3 is 2.42 bits per heavy atom. The lowest BCUT2D eigenvalue weighted by molar-refractivity contribution is -0.255.